The highest BCUT2D eigenvalue weighted by molar-refractivity contribution is 7.88. The molecule has 0 saturated carbocycles. The van der Waals surface area contributed by atoms with Crippen LogP contribution in [0.2, 0.25) is 0 Å². The Hall–Kier alpha value is -1.65. The number of amides is 1. The van der Waals surface area contributed by atoms with Crippen molar-refractivity contribution in [1.29, 1.82) is 0 Å². The van der Waals surface area contributed by atoms with Crippen molar-refractivity contribution in [1.82, 2.24) is 9.21 Å². The first kappa shape index (κ1) is 21.4. The zero-order chi connectivity index (χ0) is 19.3. The Morgan fingerprint density at radius 3 is 2.28 bits per heavy atom. The van der Waals surface area contributed by atoms with E-state index in [-0.39, 0.29) is 6.54 Å². The molecule has 0 radical (unpaired) electrons. The predicted octanol–water partition coefficient (Wildman–Crippen LogP) is 1.86. The van der Waals surface area contributed by atoms with E-state index in [4.69, 9.17) is 0 Å². The van der Waals surface area contributed by atoms with Gasteiger partial charge in [-0.2, -0.15) is 17.5 Å². The van der Waals surface area contributed by atoms with Crippen molar-refractivity contribution >= 4 is 21.6 Å². The average Bonchev–Trinajstić information content (AvgIpc) is 2.44. The summed E-state index contributed by atoms with van der Waals surface area (Å²) in [5.41, 5.74) is -1.39. The van der Waals surface area contributed by atoms with E-state index in [0.29, 0.717) is 13.0 Å². The third-order valence-electron chi connectivity index (χ3n) is 3.31. The summed E-state index contributed by atoms with van der Waals surface area (Å²) in [4.78, 5) is 13.9. The molecule has 0 heterocycles. The lowest BCUT2D eigenvalue weighted by Crippen LogP contribution is -2.39. The summed E-state index contributed by atoms with van der Waals surface area (Å²) in [6, 6.07) is 4.54. The quantitative estimate of drug-likeness (QED) is 0.746. The van der Waals surface area contributed by atoms with Gasteiger partial charge in [0.1, 0.15) is 0 Å². The van der Waals surface area contributed by atoms with E-state index in [0.717, 1.165) is 22.7 Å². The van der Waals surface area contributed by atoms with Crippen molar-refractivity contribution < 1.29 is 26.4 Å². The van der Waals surface area contributed by atoms with Crippen LogP contribution < -0.4 is 5.32 Å². The number of alkyl halides is 3. The molecule has 1 aromatic carbocycles. The molecule has 0 aliphatic carbocycles. The average molecular weight is 381 g/mol. The Bertz CT molecular complexity index is 691. The van der Waals surface area contributed by atoms with Gasteiger partial charge in [-0.15, -0.1) is 0 Å². The molecule has 1 amide bonds. The molecule has 1 aromatic rings. The molecule has 0 aromatic heterocycles. The van der Waals surface area contributed by atoms with E-state index < -0.39 is 39.9 Å². The first-order valence-corrected chi connectivity index (χ1v) is 9.32. The van der Waals surface area contributed by atoms with Gasteiger partial charge in [0.05, 0.1) is 24.1 Å². The smallest absolute Gasteiger partial charge is 0.324 e. The molecule has 0 saturated heterocycles. The van der Waals surface area contributed by atoms with E-state index in [1.807, 2.05) is 19.0 Å². The first-order valence-electron chi connectivity index (χ1n) is 7.47. The molecular weight excluding hydrogens is 359 g/mol. The Morgan fingerprint density at radius 1 is 1.16 bits per heavy atom. The van der Waals surface area contributed by atoms with E-state index in [9.17, 15) is 26.4 Å². The van der Waals surface area contributed by atoms with E-state index in [1.54, 1.807) is 0 Å². The molecule has 0 aliphatic heterocycles. The summed E-state index contributed by atoms with van der Waals surface area (Å²) in [6.45, 7) is 0.175. The third kappa shape index (κ3) is 7.41. The number of halogens is 3. The highest BCUT2D eigenvalue weighted by atomic mass is 32.2. The van der Waals surface area contributed by atoms with Crippen LogP contribution in [0, 0.1) is 0 Å². The van der Waals surface area contributed by atoms with Gasteiger partial charge in [-0.1, -0.05) is 12.1 Å². The second-order valence-corrected chi connectivity index (χ2v) is 7.83. The highest BCUT2D eigenvalue weighted by Gasteiger charge is 2.33. The van der Waals surface area contributed by atoms with Crippen LogP contribution in [-0.4, -0.2) is 63.5 Å². The topological polar surface area (TPSA) is 69.7 Å². The fraction of sp³-hybridized carbons (Fsp3) is 0.533. The van der Waals surface area contributed by atoms with Crippen LogP contribution >= 0.6 is 0 Å². The standard InChI is InChI=1S/C15H22F3N3O3S/c1-20(2)9-6-10-21(25(3,23)24)11-14(22)19-13-8-5-4-7-12(13)15(16,17)18/h4-5,7-8H,6,9-11H2,1-3H3,(H,19,22). The fourth-order valence-corrected chi connectivity index (χ4v) is 2.93. The molecule has 1 rings (SSSR count). The van der Waals surface area contributed by atoms with Gasteiger partial charge < -0.3 is 10.2 Å². The minimum absolute atomic E-state index is 0.103. The van der Waals surface area contributed by atoms with Crippen LogP contribution in [0.5, 0.6) is 0 Å². The molecule has 0 unspecified atom stereocenters. The number of nitrogens with zero attached hydrogens (tertiary/aromatic N) is 2. The van der Waals surface area contributed by atoms with E-state index in [2.05, 4.69) is 5.32 Å². The summed E-state index contributed by atoms with van der Waals surface area (Å²) in [5.74, 6) is -0.827. The minimum Gasteiger partial charge on any atom is -0.324 e. The normalized spacial score (nSPS) is 12.6. The Balaban J connectivity index is 2.82. The number of benzene rings is 1. The molecule has 0 aliphatic rings. The monoisotopic (exact) mass is 381 g/mol. The number of hydrogen-bond acceptors (Lipinski definition) is 4. The maximum atomic E-state index is 12.9. The zero-order valence-corrected chi connectivity index (χ0v) is 15.1. The van der Waals surface area contributed by atoms with Crippen molar-refractivity contribution in [2.75, 3.05) is 45.3 Å². The lowest BCUT2D eigenvalue weighted by atomic mass is 10.1. The lowest BCUT2D eigenvalue weighted by Gasteiger charge is -2.21. The molecular formula is C15H22F3N3O3S. The molecule has 142 valence electrons. The molecule has 0 fully saturated rings. The molecule has 10 heteroatoms. The van der Waals surface area contributed by atoms with Gasteiger partial charge in [-0.3, -0.25) is 4.79 Å². The SMILES string of the molecule is CN(C)CCCN(CC(=O)Nc1ccccc1C(F)(F)F)S(C)(=O)=O. The lowest BCUT2D eigenvalue weighted by molar-refractivity contribution is -0.137. The van der Waals surface area contributed by atoms with Crippen molar-refractivity contribution in [3.8, 4) is 0 Å². The molecule has 1 N–H and O–H groups in total. The van der Waals surface area contributed by atoms with Crippen LogP contribution in [-0.2, 0) is 21.0 Å². The number of carbonyl (C=O) groups is 1. The molecule has 25 heavy (non-hydrogen) atoms. The fourth-order valence-electron chi connectivity index (χ4n) is 2.11. The zero-order valence-electron chi connectivity index (χ0n) is 14.3. The highest BCUT2D eigenvalue weighted by Crippen LogP contribution is 2.34. The number of rotatable bonds is 8. The Morgan fingerprint density at radius 2 is 1.76 bits per heavy atom. The predicted molar refractivity (Wildman–Crippen MR) is 89.7 cm³/mol. The van der Waals surface area contributed by atoms with Crippen molar-refractivity contribution in [2.45, 2.75) is 12.6 Å². The van der Waals surface area contributed by atoms with Gasteiger partial charge in [0.25, 0.3) is 0 Å². The molecule has 0 atom stereocenters. The van der Waals surface area contributed by atoms with Crippen LogP contribution in [0.1, 0.15) is 12.0 Å². The number of carbonyl (C=O) groups excluding carboxylic acids is 1. The first-order chi connectivity index (χ1) is 11.4. The summed E-state index contributed by atoms with van der Waals surface area (Å²) < 4.78 is 63.3. The van der Waals surface area contributed by atoms with Gasteiger partial charge in [0.2, 0.25) is 15.9 Å². The molecule has 0 bridgehead atoms. The van der Waals surface area contributed by atoms with Gasteiger partial charge in [-0.25, -0.2) is 8.42 Å². The summed E-state index contributed by atoms with van der Waals surface area (Å²) in [6.07, 6.45) is -3.17. The largest absolute Gasteiger partial charge is 0.418 e. The van der Waals surface area contributed by atoms with Crippen molar-refractivity contribution in [3.05, 3.63) is 29.8 Å². The number of nitrogens with one attached hydrogen (secondary N) is 1. The van der Waals surface area contributed by atoms with Crippen LogP contribution in [0.25, 0.3) is 0 Å². The summed E-state index contributed by atoms with van der Waals surface area (Å²) in [5, 5.41) is 2.14. The van der Waals surface area contributed by atoms with Crippen LogP contribution in [0.15, 0.2) is 24.3 Å². The second kappa shape index (κ2) is 8.63. The summed E-state index contributed by atoms with van der Waals surface area (Å²) >= 11 is 0. The number of sulfonamides is 1. The van der Waals surface area contributed by atoms with Crippen LogP contribution in [0.4, 0.5) is 18.9 Å². The van der Waals surface area contributed by atoms with Crippen LogP contribution in [0.3, 0.4) is 0 Å². The Kier molecular flexibility index (Phi) is 7.39. The minimum atomic E-state index is -4.62. The van der Waals surface area contributed by atoms with Gasteiger partial charge in [0, 0.05) is 6.54 Å². The Labute approximate surface area is 145 Å². The van der Waals surface area contributed by atoms with E-state index >= 15 is 0 Å². The second-order valence-electron chi connectivity index (χ2n) is 5.84. The van der Waals surface area contributed by atoms with Gasteiger partial charge in [-0.05, 0) is 39.2 Å². The number of hydrogen-bond donors (Lipinski definition) is 1. The van der Waals surface area contributed by atoms with Gasteiger partial charge in [0.15, 0.2) is 0 Å². The summed E-state index contributed by atoms with van der Waals surface area (Å²) in [7, 11) is -0.00704. The van der Waals surface area contributed by atoms with Crippen molar-refractivity contribution in [3.63, 3.8) is 0 Å². The number of anilines is 1. The van der Waals surface area contributed by atoms with Crippen molar-refractivity contribution in [2.24, 2.45) is 0 Å². The van der Waals surface area contributed by atoms with E-state index in [1.165, 1.54) is 12.1 Å². The maximum Gasteiger partial charge on any atom is 0.418 e. The van der Waals surface area contributed by atoms with Gasteiger partial charge >= 0.3 is 6.18 Å². The number of para-hydroxylation sites is 1. The third-order valence-corrected chi connectivity index (χ3v) is 4.56. The maximum absolute atomic E-state index is 12.9. The molecule has 6 nitrogen and oxygen atoms in total. The molecule has 0 spiro atoms.